The Morgan fingerprint density at radius 3 is 2.20 bits per heavy atom. The number of carbonyl (C=O) groups excluding carboxylic acids is 2. The zero-order valence-electron chi connectivity index (χ0n) is 11.4. The zero-order valence-corrected chi connectivity index (χ0v) is 11.4. The third-order valence-corrected chi connectivity index (χ3v) is 1.98. The van der Waals surface area contributed by atoms with Crippen molar-refractivity contribution in [3.63, 3.8) is 0 Å². The van der Waals surface area contributed by atoms with Crippen molar-refractivity contribution in [1.29, 1.82) is 0 Å². The topological polar surface area (TPSA) is 98.2 Å². The molecule has 0 saturated heterocycles. The molecule has 0 fully saturated rings. The Hall–Kier alpha value is -2.08. The first-order chi connectivity index (χ1) is 9.60. The molecule has 0 heterocycles. The zero-order chi connectivity index (χ0) is 15.4. The van der Waals surface area contributed by atoms with Crippen LogP contribution in [0.15, 0.2) is 25.3 Å². The van der Waals surface area contributed by atoms with Crippen LogP contribution in [0.5, 0.6) is 0 Å². The van der Waals surface area contributed by atoms with E-state index < -0.39 is 23.8 Å². The fraction of sp³-hybridized carbons (Fsp3) is 0.462. The number of carbonyl (C=O) groups is 2. The molecule has 0 aliphatic rings. The Bertz CT molecular complexity index is 401. The average molecular weight is 282 g/mol. The van der Waals surface area contributed by atoms with Gasteiger partial charge < -0.3 is 19.7 Å². The number of ether oxygens (including phenoxy) is 3. The normalized spacial score (nSPS) is 9.70. The van der Waals surface area contributed by atoms with E-state index in [0.717, 1.165) is 0 Å². The summed E-state index contributed by atoms with van der Waals surface area (Å²) in [4.78, 5) is 25.9. The lowest BCUT2D eigenvalue weighted by molar-refractivity contribution is -0.149. The minimum absolute atomic E-state index is 0.0640. The smallest absolute Gasteiger partial charge is 0.441 e. The second kappa shape index (κ2) is 10.8. The van der Waals surface area contributed by atoms with Gasteiger partial charge in [-0.05, 0) is 6.92 Å². The Morgan fingerprint density at radius 2 is 1.80 bits per heavy atom. The van der Waals surface area contributed by atoms with Crippen molar-refractivity contribution >= 4 is 17.5 Å². The summed E-state index contributed by atoms with van der Waals surface area (Å²) < 4.78 is 15.0. The second-order valence-electron chi connectivity index (χ2n) is 3.47. The monoisotopic (exact) mass is 282 g/mol. The van der Waals surface area contributed by atoms with Crippen LogP contribution in [0.1, 0.15) is 13.3 Å². The Balaban J connectivity index is 4.69. The van der Waals surface area contributed by atoms with Crippen molar-refractivity contribution < 1.29 is 28.6 Å². The van der Waals surface area contributed by atoms with Crippen LogP contribution in [0.25, 0.3) is 5.53 Å². The average Bonchev–Trinajstić information content (AvgIpc) is 2.42. The molecule has 0 aromatic carbocycles. The van der Waals surface area contributed by atoms with Crippen LogP contribution in [0.2, 0.25) is 0 Å². The quantitative estimate of drug-likeness (QED) is 0.107. The highest BCUT2D eigenvalue weighted by atomic mass is 16.7. The van der Waals surface area contributed by atoms with Crippen LogP contribution in [0.3, 0.4) is 0 Å². The first-order valence-corrected chi connectivity index (χ1v) is 5.98. The van der Waals surface area contributed by atoms with Crippen molar-refractivity contribution in [2.75, 3.05) is 19.8 Å². The first kappa shape index (κ1) is 17.9. The lowest BCUT2D eigenvalue weighted by Crippen LogP contribution is -2.32. The molecule has 0 spiro atoms. The van der Waals surface area contributed by atoms with Gasteiger partial charge in [-0.2, -0.15) is 4.79 Å². The Kier molecular flexibility index (Phi) is 9.68. The van der Waals surface area contributed by atoms with E-state index in [1.165, 1.54) is 12.2 Å². The van der Waals surface area contributed by atoms with E-state index in [9.17, 15) is 9.59 Å². The molecule has 0 radical (unpaired) electrons. The molecule has 0 aliphatic heterocycles. The Morgan fingerprint density at radius 1 is 1.25 bits per heavy atom. The van der Waals surface area contributed by atoms with E-state index in [-0.39, 0.29) is 26.2 Å². The number of hydrogen-bond acceptors (Lipinski definition) is 5. The molecule has 7 nitrogen and oxygen atoms in total. The van der Waals surface area contributed by atoms with Crippen LogP contribution in [0.4, 0.5) is 0 Å². The molecule has 0 bridgehead atoms. The summed E-state index contributed by atoms with van der Waals surface area (Å²) in [5.74, 6) is -1.74. The minimum Gasteiger partial charge on any atom is -0.457 e. The summed E-state index contributed by atoms with van der Waals surface area (Å²) in [6.07, 6.45) is 1.78. The second-order valence-corrected chi connectivity index (χ2v) is 3.47. The lowest BCUT2D eigenvalue weighted by Gasteiger charge is -2.15. The van der Waals surface area contributed by atoms with Crippen LogP contribution in [0, 0.1) is 0 Å². The van der Waals surface area contributed by atoms with Crippen LogP contribution < -0.4 is 0 Å². The first-order valence-electron chi connectivity index (χ1n) is 5.98. The SMILES string of the molecule is C=CCOC(CC(=O)C(=[N+]=[N-])C(=O)OCC)OCC=C. The maximum absolute atomic E-state index is 11.8. The van der Waals surface area contributed by atoms with Gasteiger partial charge in [0.25, 0.3) is 5.78 Å². The highest BCUT2D eigenvalue weighted by Crippen LogP contribution is 2.04. The van der Waals surface area contributed by atoms with Crippen LogP contribution >= 0.6 is 0 Å². The summed E-state index contributed by atoms with van der Waals surface area (Å²) in [6.45, 7) is 8.91. The van der Waals surface area contributed by atoms with Crippen molar-refractivity contribution in [2.45, 2.75) is 19.6 Å². The molecule has 7 heteroatoms. The van der Waals surface area contributed by atoms with Gasteiger partial charge in [-0.3, -0.25) is 4.79 Å². The minimum atomic E-state index is -0.994. The fourth-order valence-electron chi connectivity index (χ4n) is 1.17. The van der Waals surface area contributed by atoms with Gasteiger partial charge in [0.1, 0.15) is 0 Å². The third kappa shape index (κ3) is 6.75. The van der Waals surface area contributed by atoms with Gasteiger partial charge in [-0.25, -0.2) is 4.79 Å². The largest absolute Gasteiger partial charge is 0.457 e. The van der Waals surface area contributed by atoms with Gasteiger partial charge >= 0.3 is 11.7 Å². The third-order valence-electron chi connectivity index (χ3n) is 1.98. The molecule has 0 aliphatic carbocycles. The highest BCUT2D eigenvalue weighted by Gasteiger charge is 2.33. The predicted octanol–water partition coefficient (Wildman–Crippen LogP) is 0.911. The fourth-order valence-corrected chi connectivity index (χ4v) is 1.17. The number of Topliss-reactive ketones (excluding diaryl/α,β-unsaturated/α-hetero) is 1. The number of rotatable bonds is 11. The van der Waals surface area contributed by atoms with Crippen molar-refractivity contribution in [1.82, 2.24) is 0 Å². The van der Waals surface area contributed by atoms with Crippen molar-refractivity contribution in [3.05, 3.63) is 30.8 Å². The number of hydrogen-bond donors (Lipinski definition) is 0. The van der Waals surface area contributed by atoms with Gasteiger partial charge in [0.05, 0.1) is 26.2 Å². The van der Waals surface area contributed by atoms with Crippen LogP contribution in [-0.2, 0) is 23.8 Å². The standard InChI is InChI=1S/C13H18N2O5/c1-4-7-19-11(20-8-5-2)9-10(16)12(15-14)13(17)18-6-3/h4-5,11H,1-2,6-9H2,3H3. The molecule has 0 rings (SSSR count). The predicted molar refractivity (Wildman–Crippen MR) is 71.0 cm³/mol. The molecule has 0 amide bonds. The molecule has 0 aromatic rings. The van der Waals surface area contributed by atoms with E-state index in [0.29, 0.717) is 0 Å². The van der Waals surface area contributed by atoms with E-state index in [1.807, 2.05) is 0 Å². The summed E-state index contributed by atoms with van der Waals surface area (Å²) in [5, 5.41) is 0. The Labute approximate surface area is 117 Å². The summed E-state index contributed by atoms with van der Waals surface area (Å²) in [5.41, 5.74) is 8.02. The van der Waals surface area contributed by atoms with E-state index >= 15 is 0 Å². The van der Waals surface area contributed by atoms with Crippen molar-refractivity contribution in [2.24, 2.45) is 0 Å². The molecular weight excluding hydrogens is 264 g/mol. The molecule has 110 valence electrons. The maximum atomic E-state index is 11.8. The van der Waals surface area contributed by atoms with Gasteiger partial charge in [-0.1, -0.05) is 12.2 Å². The van der Waals surface area contributed by atoms with Crippen LogP contribution in [-0.4, -0.2) is 48.4 Å². The molecule has 0 aromatic heterocycles. The summed E-state index contributed by atoms with van der Waals surface area (Å²) in [7, 11) is 0. The van der Waals surface area contributed by atoms with E-state index in [2.05, 4.69) is 22.7 Å². The highest BCUT2D eigenvalue weighted by molar-refractivity contribution is 6.62. The molecular formula is C13H18N2O5. The number of nitrogens with zero attached hydrogens (tertiary/aromatic N) is 2. The van der Waals surface area contributed by atoms with Gasteiger partial charge in [0.15, 0.2) is 6.29 Å². The van der Waals surface area contributed by atoms with Crippen molar-refractivity contribution in [3.8, 4) is 0 Å². The van der Waals surface area contributed by atoms with Gasteiger partial charge in [-0.15, -0.1) is 13.2 Å². The lowest BCUT2D eigenvalue weighted by atomic mass is 10.2. The van der Waals surface area contributed by atoms with E-state index in [4.69, 9.17) is 15.0 Å². The summed E-state index contributed by atoms with van der Waals surface area (Å²) >= 11 is 0. The van der Waals surface area contributed by atoms with Gasteiger partial charge in [0, 0.05) is 0 Å². The van der Waals surface area contributed by atoms with E-state index in [1.54, 1.807) is 6.92 Å². The maximum Gasteiger partial charge on any atom is 0.441 e. The molecule has 0 atom stereocenters. The molecule has 20 heavy (non-hydrogen) atoms. The molecule has 0 unspecified atom stereocenters. The number of esters is 1. The molecule has 0 N–H and O–H groups in total. The molecule has 0 saturated carbocycles. The summed E-state index contributed by atoms with van der Waals surface area (Å²) in [6, 6.07) is 0. The van der Waals surface area contributed by atoms with Gasteiger partial charge in [0.2, 0.25) is 0 Å². The number of ketones is 1.